The van der Waals surface area contributed by atoms with Crippen molar-refractivity contribution in [2.75, 3.05) is 6.61 Å². The van der Waals surface area contributed by atoms with E-state index >= 15 is 0 Å². The average molecular weight is 233 g/mol. The van der Waals surface area contributed by atoms with Crippen molar-refractivity contribution in [3.05, 3.63) is 22.6 Å². The molecule has 0 spiro atoms. The topological polar surface area (TPSA) is 99.9 Å². The molecule has 0 radical (unpaired) electrons. The van der Waals surface area contributed by atoms with E-state index in [0.29, 0.717) is 0 Å². The Hall–Kier alpha value is -2.27. The minimum Gasteiger partial charge on any atom is -0.479 e. The van der Waals surface area contributed by atoms with Crippen molar-refractivity contribution in [3.8, 4) is 12.1 Å². The number of allylic oxidation sites excluding steroid dienone is 3. The summed E-state index contributed by atoms with van der Waals surface area (Å²) in [6.07, 6.45) is 0.268. The lowest BCUT2D eigenvalue weighted by Gasteiger charge is -2.07. The molecule has 0 aromatic heterocycles. The van der Waals surface area contributed by atoms with Crippen LogP contribution in [0.15, 0.2) is 22.6 Å². The van der Waals surface area contributed by atoms with Gasteiger partial charge in [0.15, 0.2) is 5.78 Å². The zero-order valence-corrected chi connectivity index (χ0v) is 10.2. The quantitative estimate of drug-likeness (QED) is 0.336. The molecule has 0 bridgehead atoms. The van der Waals surface area contributed by atoms with Crippen LogP contribution in [0.1, 0.15) is 27.2 Å². The number of carbonyl (C=O) groups excluding carboxylic acids is 1. The molecule has 0 heterocycles. The molecule has 0 rings (SSSR count). The standard InChI is InChI=1S/C12H15N3O2/c1-4-11(16)8(3)9(6-13)10(7-14)12(15)17-5-2/h4-5,15H2,1-3H3/b9-8-,12-10-. The number of nitrogens with two attached hydrogens (primary N) is 1. The third-order valence-corrected chi connectivity index (χ3v) is 2.13. The largest absolute Gasteiger partial charge is 0.479 e. The van der Waals surface area contributed by atoms with Crippen molar-refractivity contribution in [1.29, 1.82) is 10.5 Å². The first-order chi connectivity index (χ1) is 8.03. The lowest BCUT2D eigenvalue weighted by Crippen LogP contribution is -2.10. The van der Waals surface area contributed by atoms with Crippen LogP contribution in [-0.2, 0) is 9.53 Å². The highest BCUT2D eigenvalue weighted by Crippen LogP contribution is 2.17. The molecule has 0 fully saturated rings. The first-order valence-corrected chi connectivity index (χ1v) is 5.20. The van der Waals surface area contributed by atoms with Crippen molar-refractivity contribution in [1.82, 2.24) is 0 Å². The van der Waals surface area contributed by atoms with Gasteiger partial charge in [0.05, 0.1) is 12.2 Å². The average Bonchev–Trinajstić information content (AvgIpc) is 2.33. The molecule has 0 aromatic carbocycles. The van der Waals surface area contributed by atoms with Crippen molar-refractivity contribution in [3.63, 3.8) is 0 Å². The molecule has 0 aliphatic heterocycles. The summed E-state index contributed by atoms with van der Waals surface area (Å²) in [5, 5.41) is 18.0. The van der Waals surface area contributed by atoms with Crippen LogP contribution in [0, 0.1) is 22.7 Å². The summed E-state index contributed by atoms with van der Waals surface area (Å²) in [5.74, 6) is -0.326. The lowest BCUT2D eigenvalue weighted by molar-refractivity contribution is -0.115. The molecule has 2 N–H and O–H groups in total. The first-order valence-electron chi connectivity index (χ1n) is 5.20. The van der Waals surface area contributed by atoms with E-state index in [1.54, 1.807) is 19.9 Å². The summed E-state index contributed by atoms with van der Waals surface area (Å²) in [6, 6.07) is 3.62. The Morgan fingerprint density at radius 2 is 1.76 bits per heavy atom. The van der Waals surface area contributed by atoms with Gasteiger partial charge in [-0.25, -0.2) is 0 Å². The van der Waals surface area contributed by atoms with Crippen LogP contribution in [0.2, 0.25) is 0 Å². The number of ketones is 1. The number of rotatable bonds is 5. The number of Topliss-reactive ketones (excluding diaryl/α,β-unsaturated/α-hetero) is 1. The molecule has 0 amide bonds. The van der Waals surface area contributed by atoms with Crippen molar-refractivity contribution < 1.29 is 9.53 Å². The molecular formula is C12H15N3O2. The Morgan fingerprint density at radius 3 is 2.12 bits per heavy atom. The molecule has 5 nitrogen and oxygen atoms in total. The summed E-state index contributed by atoms with van der Waals surface area (Å²) in [4.78, 5) is 11.5. The Kier molecular flexibility index (Phi) is 6.13. The van der Waals surface area contributed by atoms with Gasteiger partial charge in [-0.1, -0.05) is 6.92 Å². The van der Waals surface area contributed by atoms with Gasteiger partial charge in [0.1, 0.15) is 17.7 Å². The van der Waals surface area contributed by atoms with Crippen molar-refractivity contribution in [2.45, 2.75) is 27.2 Å². The smallest absolute Gasteiger partial charge is 0.203 e. The molecule has 5 heteroatoms. The van der Waals surface area contributed by atoms with Crippen LogP contribution >= 0.6 is 0 Å². The third kappa shape index (κ3) is 3.66. The molecule has 0 aromatic rings. The van der Waals surface area contributed by atoms with Crippen LogP contribution in [0.4, 0.5) is 0 Å². The first kappa shape index (κ1) is 14.7. The van der Waals surface area contributed by atoms with Crippen LogP contribution in [-0.4, -0.2) is 12.4 Å². The highest BCUT2D eigenvalue weighted by molar-refractivity contribution is 5.97. The van der Waals surface area contributed by atoms with E-state index in [-0.39, 0.29) is 41.4 Å². The van der Waals surface area contributed by atoms with Gasteiger partial charge in [0, 0.05) is 12.0 Å². The molecule has 0 saturated carbocycles. The second-order valence-electron chi connectivity index (χ2n) is 3.17. The molecule has 0 aliphatic rings. The van der Waals surface area contributed by atoms with Crippen LogP contribution in [0.3, 0.4) is 0 Å². The van der Waals surface area contributed by atoms with E-state index in [1.165, 1.54) is 6.92 Å². The molecule has 0 aliphatic carbocycles. The summed E-state index contributed by atoms with van der Waals surface area (Å²) < 4.78 is 4.98. The van der Waals surface area contributed by atoms with Gasteiger partial charge in [-0.05, 0) is 13.8 Å². The van der Waals surface area contributed by atoms with Crippen LogP contribution < -0.4 is 5.73 Å². The van der Waals surface area contributed by atoms with Crippen LogP contribution in [0.25, 0.3) is 0 Å². The predicted octanol–water partition coefficient (Wildman–Crippen LogP) is 1.54. The van der Waals surface area contributed by atoms with E-state index in [2.05, 4.69) is 0 Å². The SMILES string of the molecule is CCO/C(N)=C(C#N)\C(C#N)=C(\C)C(=O)CC. The van der Waals surface area contributed by atoms with E-state index in [1.807, 2.05) is 6.07 Å². The number of carbonyl (C=O) groups is 1. The maximum Gasteiger partial charge on any atom is 0.203 e. The summed E-state index contributed by atoms with van der Waals surface area (Å²) in [5.41, 5.74) is 5.65. The van der Waals surface area contributed by atoms with E-state index < -0.39 is 0 Å². The second kappa shape index (κ2) is 7.08. The third-order valence-electron chi connectivity index (χ3n) is 2.13. The summed E-state index contributed by atoms with van der Waals surface area (Å²) in [7, 11) is 0. The van der Waals surface area contributed by atoms with E-state index in [0.717, 1.165) is 0 Å². The second-order valence-corrected chi connectivity index (χ2v) is 3.17. The zero-order valence-electron chi connectivity index (χ0n) is 10.2. The Balaban J connectivity index is 5.71. The van der Waals surface area contributed by atoms with Crippen LogP contribution in [0.5, 0.6) is 0 Å². The maximum atomic E-state index is 11.5. The molecule has 17 heavy (non-hydrogen) atoms. The fourth-order valence-corrected chi connectivity index (χ4v) is 1.19. The van der Waals surface area contributed by atoms with Gasteiger partial charge in [-0.15, -0.1) is 0 Å². The Labute approximate surface area is 101 Å². The van der Waals surface area contributed by atoms with E-state index in [9.17, 15) is 4.79 Å². The van der Waals surface area contributed by atoms with Gasteiger partial charge < -0.3 is 10.5 Å². The zero-order chi connectivity index (χ0) is 13.4. The van der Waals surface area contributed by atoms with Gasteiger partial charge in [0.25, 0.3) is 0 Å². The highest BCUT2D eigenvalue weighted by Gasteiger charge is 2.16. The van der Waals surface area contributed by atoms with Gasteiger partial charge in [-0.3, -0.25) is 4.79 Å². The maximum absolute atomic E-state index is 11.5. The fraction of sp³-hybridized carbons (Fsp3) is 0.417. The van der Waals surface area contributed by atoms with Gasteiger partial charge >= 0.3 is 0 Å². The van der Waals surface area contributed by atoms with Gasteiger partial charge in [-0.2, -0.15) is 10.5 Å². The molecule has 0 atom stereocenters. The number of nitriles is 2. The highest BCUT2D eigenvalue weighted by atomic mass is 16.5. The monoisotopic (exact) mass is 233 g/mol. The fourth-order valence-electron chi connectivity index (χ4n) is 1.19. The Morgan fingerprint density at radius 1 is 1.24 bits per heavy atom. The number of nitrogens with zero attached hydrogens (tertiary/aromatic N) is 2. The Bertz CT molecular complexity index is 447. The minimum absolute atomic E-state index is 0.0229. The number of hydrogen-bond acceptors (Lipinski definition) is 5. The van der Waals surface area contributed by atoms with E-state index in [4.69, 9.17) is 21.0 Å². The number of ether oxygens (including phenoxy) is 1. The molecular weight excluding hydrogens is 218 g/mol. The van der Waals surface area contributed by atoms with Crippen molar-refractivity contribution in [2.24, 2.45) is 5.73 Å². The molecule has 0 unspecified atom stereocenters. The molecule has 0 saturated heterocycles. The normalized spacial score (nSPS) is 12.8. The predicted molar refractivity (Wildman–Crippen MR) is 62.1 cm³/mol. The molecule has 90 valence electrons. The van der Waals surface area contributed by atoms with Gasteiger partial charge in [0.2, 0.25) is 5.88 Å². The summed E-state index contributed by atoms with van der Waals surface area (Å²) >= 11 is 0. The summed E-state index contributed by atoms with van der Waals surface area (Å²) in [6.45, 7) is 5.18. The lowest BCUT2D eigenvalue weighted by atomic mass is 9.99. The number of hydrogen-bond donors (Lipinski definition) is 1. The van der Waals surface area contributed by atoms with Crippen molar-refractivity contribution >= 4 is 5.78 Å². The minimum atomic E-state index is -0.196.